The Bertz CT molecular complexity index is 498. The summed E-state index contributed by atoms with van der Waals surface area (Å²) in [6.45, 7) is 7.28. The lowest BCUT2D eigenvalue weighted by Crippen LogP contribution is -2.63. The van der Waals surface area contributed by atoms with E-state index in [4.69, 9.17) is 4.74 Å². The van der Waals surface area contributed by atoms with Crippen molar-refractivity contribution < 1.29 is 4.74 Å². The van der Waals surface area contributed by atoms with Gasteiger partial charge in [-0.25, -0.2) is 4.98 Å². The van der Waals surface area contributed by atoms with Crippen LogP contribution in [0.2, 0.25) is 0 Å². The number of thiazole rings is 1. The van der Waals surface area contributed by atoms with E-state index in [0.29, 0.717) is 18.7 Å². The zero-order valence-electron chi connectivity index (χ0n) is 13.6. The van der Waals surface area contributed by atoms with Gasteiger partial charge in [-0.05, 0) is 12.8 Å². The van der Waals surface area contributed by atoms with E-state index in [1.165, 1.54) is 5.01 Å². The standard InChI is InChI=1S/C15H26N4OS/c1-6-13-18-10(9-21-13)8-17-14(16-4)19-11-7-12(20-5)15(11,2)3/h9,11-12H,6-8H2,1-5H3,(H2,16,17,19). The average Bonchev–Trinajstić information content (AvgIpc) is 2.94. The zero-order valence-corrected chi connectivity index (χ0v) is 14.4. The van der Waals surface area contributed by atoms with Gasteiger partial charge in [-0.15, -0.1) is 11.3 Å². The first-order chi connectivity index (χ1) is 10.0. The zero-order chi connectivity index (χ0) is 15.5. The van der Waals surface area contributed by atoms with Crippen molar-refractivity contribution in [2.75, 3.05) is 14.2 Å². The minimum absolute atomic E-state index is 0.127. The Morgan fingerprint density at radius 1 is 1.57 bits per heavy atom. The largest absolute Gasteiger partial charge is 0.381 e. The number of aryl methyl sites for hydroxylation is 1. The third kappa shape index (κ3) is 3.55. The number of ether oxygens (including phenoxy) is 1. The van der Waals surface area contributed by atoms with Gasteiger partial charge in [-0.1, -0.05) is 20.8 Å². The number of aromatic nitrogens is 1. The molecule has 118 valence electrons. The van der Waals surface area contributed by atoms with E-state index in [-0.39, 0.29) is 5.41 Å². The molecule has 1 aromatic rings. The van der Waals surface area contributed by atoms with Gasteiger partial charge in [0.15, 0.2) is 5.96 Å². The maximum Gasteiger partial charge on any atom is 0.191 e. The Morgan fingerprint density at radius 3 is 2.86 bits per heavy atom. The summed E-state index contributed by atoms with van der Waals surface area (Å²) in [4.78, 5) is 8.85. The highest BCUT2D eigenvalue weighted by Gasteiger charge is 2.48. The molecule has 2 N–H and O–H groups in total. The Hall–Kier alpha value is -1.14. The number of hydrogen-bond acceptors (Lipinski definition) is 4. The molecule has 5 nitrogen and oxygen atoms in total. The maximum atomic E-state index is 5.48. The molecular weight excluding hydrogens is 284 g/mol. The van der Waals surface area contributed by atoms with Crippen molar-refractivity contribution in [3.05, 3.63) is 16.1 Å². The second kappa shape index (κ2) is 6.75. The van der Waals surface area contributed by atoms with Gasteiger partial charge in [-0.3, -0.25) is 4.99 Å². The fourth-order valence-corrected chi connectivity index (χ4v) is 3.40. The van der Waals surface area contributed by atoms with E-state index >= 15 is 0 Å². The average molecular weight is 310 g/mol. The van der Waals surface area contributed by atoms with Crippen molar-refractivity contribution in [2.45, 2.75) is 52.3 Å². The van der Waals surface area contributed by atoms with Crippen molar-refractivity contribution in [3.63, 3.8) is 0 Å². The normalized spacial score (nSPS) is 24.5. The molecule has 6 heteroatoms. The minimum atomic E-state index is 0.127. The molecule has 1 aromatic heterocycles. The molecule has 0 bridgehead atoms. The number of methoxy groups -OCH3 is 1. The van der Waals surface area contributed by atoms with Crippen molar-refractivity contribution >= 4 is 17.3 Å². The lowest BCUT2D eigenvalue weighted by molar-refractivity contribution is -0.0922. The monoisotopic (exact) mass is 310 g/mol. The Morgan fingerprint density at radius 2 is 2.33 bits per heavy atom. The second-order valence-corrected chi connectivity index (χ2v) is 6.93. The van der Waals surface area contributed by atoms with Crippen LogP contribution in [0.5, 0.6) is 0 Å². The van der Waals surface area contributed by atoms with Crippen molar-refractivity contribution in [1.82, 2.24) is 15.6 Å². The quantitative estimate of drug-likeness (QED) is 0.646. The third-order valence-corrected chi connectivity index (χ3v) is 5.38. The van der Waals surface area contributed by atoms with Gasteiger partial charge < -0.3 is 15.4 Å². The Balaban J connectivity index is 1.84. The van der Waals surface area contributed by atoms with Crippen LogP contribution in [0.1, 0.15) is 37.9 Å². The van der Waals surface area contributed by atoms with Crippen molar-refractivity contribution in [1.29, 1.82) is 0 Å². The van der Waals surface area contributed by atoms with E-state index < -0.39 is 0 Å². The molecule has 2 unspecified atom stereocenters. The van der Waals surface area contributed by atoms with Crippen LogP contribution in [0.25, 0.3) is 0 Å². The van der Waals surface area contributed by atoms with E-state index in [9.17, 15) is 0 Å². The predicted octanol–water partition coefficient (Wildman–Crippen LogP) is 2.18. The van der Waals surface area contributed by atoms with Gasteiger partial charge in [0.2, 0.25) is 0 Å². The van der Waals surface area contributed by atoms with E-state index in [0.717, 1.165) is 24.5 Å². The molecule has 0 amide bonds. The number of hydrogen-bond donors (Lipinski definition) is 2. The maximum absolute atomic E-state index is 5.48. The van der Waals surface area contributed by atoms with Crippen LogP contribution in [0.15, 0.2) is 10.4 Å². The third-order valence-electron chi connectivity index (χ3n) is 4.34. The van der Waals surface area contributed by atoms with E-state index in [1.807, 2.05) is 0 Å². The summed E-state index contributed by atoms with van der Waals surface area (Å²) >= 11 is 1.71. The predicted molar refractivity (Wildman–Crippen MR) is 87.8 cm³/mol. The number of aliphatic imine (C=N–C) groups is 1. The molecule has 1 saturated carbocycles. The smallest absolute Gasteiger partial charge is 0.191 e. The highest BCUT2D eigenvalue weighted by atomic mass is 32.1. The van der Waals surface area contributed by atoms with Gasteiger partial charge in [0.1, 0.15) is 0 Å². The van der Waals surface area contributed by atoms with Crippen LogP contribution >= 0.6 is 11.3 Å². The molecule has 2 rings (SSSR count). The number of rotatable bonds is 5. The topological polar surface area (TPSA) is 58.5 Å². The summed E-state index contributed by atoms with van der Waals surface area (Å²) in [5, 5.41) is 10.1. The fraction of sp³-hybridized carbons (Fsp3) is 0.733. The molecule has 21 heavy (non-hydrogen) atoms. The van der Waals surface area contributed by atoms with Gasteiger partial charge in [0, 0.05) is 31.0 Å². The van der Waals surface area contributed by atoms with Crippen molar-refractivity contribution in [3.8, 4) is 0 Å². The van der Waals surface area contributed by atoms with Gasteiger partial charge >= 0.3 is 0 Å². The van der Waals surface area contributed by atoms with Crippen LogP contribution in [0.4, 0.5) is 0 Å². The van der Waals surface area contributed by atoms with Crippen molar-refractivity contribution in [2.24, 2.45) is 10.4 Å². The minimum Gasteiger partial charge on any atom is -0.381 e. The van der Waals surface area contributed by atoms with Crippen LogP contribution < -0.4 is 10.6 Å². The summed E-state index contributed by atoms with van der Waals surface area (Å²) in [5.41, 5.74) is 1.20. The molecule has 2 atom stereocenters. The van der Waals surface area contributed by atoms with Gasteiger partial charge in [0.05, 0.1) is 23.4 Å². The summed E-state index contributed by atoms with van der Waals surface area (Å²) in [6.07, 6.45) is 2.33. The first-order valence-corrected chi connectivity index (χ1v) is 8.32. The van der Waals surface area contributed by atoms with Crippen LogP contribution in [-0.4, -0.2) is 37.2 Å². The fourth-order valence-electron chi connectivity index (χ4n) is 2.66. The molecule has 1 aliphatic carbocycles. The molecule has 1 fully saturated rings. The lowest BCUT2D eigenvalue weighted by atomic mass is 9.64. The van der Waals surface area contributed by atoms with E-state index in [1.54, 1.807) is 25.5 Å². The molecule has 0 spiro atoms. The first kappa shape index (κ1) is 16.2. The van der Waals surface area contributed by atoms with Gasteiger partial charge in [0.25, 0.3) is 0 Å². The molecule has 0 aromatic carbocycles. The number of nitrogens with one attached hydrogen (secondary N) is 2. The summed E-state index contributed by atoms with van der Waals surface area (Å²) in [5.74, 6) is 0.827. The number of nitrogens with zero attached hydrogens (tertiary/aromatic N) is 2. The molecule has 0 aliphatic heterocycles. The van der Waals surface area contributed by atoms with Crippen LogP contribution in [0, 0.1) is 5.41 Å². The Kier molecular flexibility index (Phi) is 5.22. The summed E-state index contributed by atoms with van der Waals surface area (Å²) in [6, 6.07) is 0.385. The second-order valence-electron chi connectivity index (χ2n) is 5.99. The highest BCUT2D eigenvalue weighted by molar-refractivity contribution is 7.09. The highest BCUT2D eigenvalue weighted by Crippen LogP contribution is 2.42. The van der Waals surface area contributed by atoms with Crippen LogP contribution in [-0.2, 0) is 17.7 Å². The van der Waals surface area contributed by atoms with E-state index in [2.05, 4.69) is 46.8 Å². The SMILES string of the molecule is CCc1nc(CNC(=NC)NC2CC(OC)C2(C)C)cs1. The Labute approximate surface area is 131 Å². The molecule has 0 saturated heterocycles. The molecule has 1 aliphatic rings. The first-order valence-electron chi connectivity index (χ1n) is 7.44. The summed E-state index contributed by atoms with van der Waals surface area (Å²) < 4.78 is 5.48. The molecule has 1 heterocycles. The van der Waals surface area contributed by atoms with Crippen LogP contribution in [0.3, 0.4) is 0 Å². The number of guanidine groups is 1. The molecule has 0 radical (unpaired) electrons. The van der Waals surface area contributed by atoms with Gasteiger partial charge in [-0.2, -0.15) is 0 Å². The summed E-state index contributed by atoms with van der Waals surface area (Å²) in [7, 11) is 3.58. The molecular formula is C15H26N4OS. The lowest BCUT2D eigenvalue weighted by Gasteiger charge is -2.51.